The highest BCUT2D eigenvalue weighted by Crippen LogP contribution is 2.24. The van der Waals surface area contributed by atoms with Crippen molar-refractivity contribution in [2.75, 3.05) is 25.0 Å². The molecule has 2 atom stereocenters. The van der Waals surface area contributed by atoms with Crippen LogP contribution in [0.4, 0.5) is 5.69 Å². The van der Waals surface area contributed by atoms with Crippen LogP contribution in [-0.2, 0) is 9.53 Å². The smallest absolute Gasteiger partial charge is 0.242 e. The fourth-order valence-electron chi connectivity index (χ4n) is 3.27. The van der Waals surface area contributed by atoms with Gasteiger partial charge in [0.2, 0.25) is 5.91 Å². The van der Waals surface area contributed by atoms with E-state index in [2.05, 4.69) is 5.32 Å². The fraction of sp³-hybridized carbons (Fsp3) is 0.333. The number of rotatable bonds is 5. The summed E-state index contributed by atoms with van der Waals surface area (Å²) in [6.07, 6.45) is 0.0342. The molecule has 5 nitrogen and oxygen atoms in total. The number of hydrogen-bond acceptors (Lipinski definition) is 4. The zero-order valence-electron chi connectivity index (χ0n) is 15.4. The second kappa shape index (κ2) is 8.55. The third kappa shape index (κ3) is 4.87. The Kier molecular flexibility index (Phi) is 6.14. The first-order valence-corrected chi connectivity index (χ1v) is 9.38. The van der Waals surface area contributed by atoms with Crippen molar-refractivity contribution in [1.82, 2.24) is 4.90 Å². The molecule has 1 amide bonds. The monoisotopic (exact) mass is 386 g/mol. The van der Waals surface area contributed by atoms with E-state index in [1.807, 2.05) is 32.0 Å². The number of hydrogen-bond donors (Lipinski definition) is 1. The van der Waals surface area contributed by atoms with Gasteiger partial charge >= 0.3 is 0 Å². The van der Waals surface area contributed by atoms with Gasteiger partial charge in [0.25, 0.3) is 0 Å². The molecule has 2 unspecified atom stereocenters. The minimum Gasteiger partial charge on any atom is -0.376 e. The van der Waals surface area contributed by atoms with E-state index in [4.69, 9.17) is 16.3 Å². The number of ketones is 1. The number of amides is 1. The van der Waals surface area contributed by atoms with Gasteiger partial charge in [-0.15, -0.1) is 0 Å². The van der Waals surface area contributed by atoms with Gasteiger partial charge in [-0.05, 0) is 32.0 Å². The van der Waals surface area contributed by atoms with Gasteiger partial charge in [0.1, 0.15) is 0 Å². The molecular weight excluding hydrogens is 364 g/mol. The molecule has 1 saturated heterocycles. The van der Waals surface area contributed by atoms with E-state index in [0.717, 1.165) is 0 Å². The molecule has 0 spiro atoms. The average Bonchev–Trinajstić information content (AvgIpc) is 2.66. The number of nitrogens with zero attached hydrogens (tertiary/aromatic N) is 1. The number of halogens is 1. The Morgan fingerprint density at radius 1 is 1.11 bits per heavy atom. The first kappa shape index (κ1) is 19.4. The first-order chi connectivity index (χ1) is 12.9. The van der Waals surface area contributed by atoms with Gasteiger partial charge < -0.3 is 15.0 Å². The molecule has 0 aliphatic carbocycles. The molecule has 1 N–H and O–H groups in total. The standard InChI is InChI=1S/C21H23ClN2O3/c1-14-12-24(13-15(2)27-14)20(25)11-23-19-9-8-17(22)10-18(19)21(26)16-6-4-3-5-7-16/h3-10,14-15,23H,11-13H2,1-2H3. The van der Waals surface area contributed by atoms with Crippen LogP contribution in [0, 0.1) is 0 Å². The van der Waals surface area contributed by atoms with Gasteiger partial charge in [0.05, 0.1) is 18.8 Å². The van der Waals surface area contributed by atoms with Crippen molar-refractivity contribution in [3.8, 4) is 0 Å². The molecule has 3 rings (SSSR count). The minimum absolute atomic E-state index is 0.0171. The van der Waals surface area contributed by atoms with Gasteiger partial charge in [-0.2, -0.15) is 0 Å². The van der Waals surface area contributed by atoms with Crippen molar-refractivity contribution in [3.05, 3.63) is 64.7 Å². The highest BCUT2D eigenvalue weighted by molar-refractivity contribution is 6.31. The number of morpholine rings is 1. The van der Waals surface area contributed by atoms with Crippen LogP contribution in [0.3, 0.4) is 0 Å². The normalized spacial score (nSPS) is 19.6. The van der Waals surface area contributed by atoms with Crippen LogP contribution < -0.4 is 5.32 Å². The summed E-state index contributed by atoms with van der Waals surface area (Å²) < 4.78 is 5.67. The summed E-state index contributed by atoms with van der Waals surface area (Å²) in [5.74, 6) is -0.160. The Hall–Kier alpha value is -2.37. The fourth-order valence-corrected chi connectivity index (χ4v) is 3.44. The average molecular weight is 387 g/mol. The first-order valence-electron chi connectivity index (χ1n) is 9.00. The summed E-state index contributed by atoms with van der Waals surface area (Å²) in [7, 11) is 0. The van der Waals surface area contributed by atoms with E-state index in [1.165, 1.54) is 0 Å². The lowest BCUT2D eigenvalue weighted by atomic mass is 10.0. The zero-order valence-corrected chi connectivity index (χ0v) is 16.2. The van der Waals surface area contributed by atoms with Gasteiger partial charge in [0.15, 0.2) is 5.78 Å². The lowest BCUT2D eigenvalue weighted by Gasteiger charge is -2.35. The lowest BCUT2D eigenvalue weighted by molar-refractivity contribution is -0.141. The molecule has 0 radical (unpaired) electrons. The SMILES string of the molecule is CC1CN(C(=O)CNc2ccc(Cl)cc2C(=O)c2ccccc2)CC(C)O1. The maximum atomic E-state index is 12.8. The van der Waals surface area contributed by atoms with Crippen LogP contribution >= 0.6 is 11.6 Å². The highest BCUT2D eigenvalue weighted by Gasteiger charge is 2.25. The van der Waals surface area contributed by atoms with E-state index < -0.39 is 0 Å². The molecule has 27 heavy (non-hydrogen) atoms. The highest BCUT2D eigenvalue weighted by atomic mass is 35.5. The van der Waals surface area contributed by atoms with E-state index in [0.29, 0.717) is 34.9 Å². The quantitative estimate of drug-likeness (QED) is 0.797. The van der Waals surface area contributed by atoms with E-state index >= 15 is 0 Å². The maximum absolute atomic E-state index is 12.8. The largest absolute Gasteiger partial charge is 0.376 e. The topological polar surface area (TPSA) is 58.6 Å². The van der Waals surface area contributed by atoms with Crippen molar-refractivity contribution in [2.45, 2.75) is 26.1 Å². The molecule has 1 fully saturated rings. The summed E-state index contributed by atoms with van der Waals surface area (Å²) in [6.45, 7) is 5.16. The second-order valence-electron chi connectivity index (χ2n) is 6.79. The number of ether oxygens (including phenoxy) is 1. The van der Waals surface area contributed by atoms with E-state index in [9.17, 15) is 9.59 Å². The van der Waals surface area contributed by atoms with Gasteiger partial charge in [-0.25, -0.2) is 0 Å². The molecular formula is C21H23ClN2O3. The molecule has 1 aliphatic rings. The lowest BCUT2D eigenvalue weighted by Crippen LogP contribution is -2.49. The predicted octanol–water partition coefficient (Wildman–Crippen LogP) is 3.62. The van der Waals surface area contributed by atoms with Crippen LogP contribution in [0.2, 0.25) is 5.02 Å². The molecule has 6 heteroatoms. The Labute approximate surface area is 164 Å². The summed E-state index contributed by atoms with van der Waals surface area (Å²) >= 11 is 6.10. The maximum Gasteiger partial charge on any atom is 0.242 e. The summed E-state index contributed by atoms with van der Waals surface area (Å²) in [5.41, 5.74) is 1.62. The number of carbonyl (C=O) groups excluding carboxylic acids is 2. The van der Waals surface area contributed by atoms with Crippen LogP contribution in [0.15, 0.2) is 48.5 Å². The van der Waals surface area contributed by atoms with E-state index in [1.54, 1.807) is 35.2 Å². The predicted molar refractivity (Wildman–Crippen MR) is 106 cm³/mol. The number of carbonyl (C=O) groups is 2. The van der Waals surface area contributed by atoms with Crippen LogP contribution in [-0.4, -0.2) is 48.4 Å². The van der Waals surface area contributed by atoms with Crippen molar-refractivity contribution < 1.29 is 14.3 Å². The second-order valence-corrected chi connectivity index (χ2v) is 7.23. The van der Waals surface area contributed by atoms with Crippen molar-refractivity contribution in [3.63, 3.8) is 0 Å². The number of nitrogens with one attached hydrogen (secondary N) is 1. The summed E-state index contributed by atoms with van der Waals surface area (Å²) in [6, 6.07) is 14.1. The molecule has 2 aromatic carbocycles. The van der Waals surface area contributed by atoms with Crippen molar-refractivity contribution in [2.24, 2.45) is 0 Å². The Morgan fingerprint density at radius 2 is 1.78 bits per heavy atom. The molecule has 2 aromatic rings. The minimum atomic E-state index is -0.137. The Bertz CT molecular complexity index is 815. The van der Waals surface area contributed by atoms with Crippen LogP contribution in [0.1, 0.15) is 29.8 Å². The van der Waals surface area contributed by atoms with Crippen molar-refractivity contribution in [1.29, 1.82) is 0 Å². The zero-order chi connectivity index (χ0) is 19.4. The van der Waals surface area contributed by atoms with Gasteiger partial charge in [-0.3, -0.25) is 9.59 Å². The van der Waals surface area contributed by atoms with Crippen LogP contribution in [0.25, 0.3) is 0 Å². The molecule has 0 saturated carbocycles. The number of benzene rings is 2. The van der Waals surface area contributed by atoms with E-state index in [-0.39, 0.29) is 30.4 Å². The summed E-state index contributed by atoms with van der Waals surface area (Å²) in [5, 5.41) is 3.58. The Balaban J connectivity index is 1.73. The molecule has 1 aliphatic heterocycles. The third-order valence-electron chi connectivity index (χ3n) is 4.46. The third-order valence-corrected chi connectivity index (χ3v) is 4.70. The molecule has 0 bridgehead atoms. The van der Waals surface area contributed by atoms with Gasteiger partial charge in [0, 0.05) is 34.9 Å². The van der Waals surface area contributed by atoms with Crippen molar-refractivity contribution >= 4 is 29.0 Å². The molecule has 0 aromatic heterocycles. The molecule has 142 valence electrons. The summed E-state index contributed by atoms with van der Waals surface area (Å²) in [4.78, 5) is 27.2. The van der Waals surface area contributed by atoms with Gasteiger partial charge in [-0.1, -0.05) is 41.9 Å². The Morgan fingerprint density at radius 3 is 2.44 bits per heavy atom. The molecule has 1 heterocycles. The van der Waals surface area contributed by atoms with Crippen LogP contribution in [0.5, 0.6) is 0 Å². The number of anilines is 1.